The normalized spacial score (nSPS) is 11.2. The van der Waals surface area contributed by atoms with Gasteiger partial charge in [0.2, 0.25) is 0 Å². The van der Waals surface area contributed by atoms with Crippen molar-refractivity contribution >= 4 is 5.97 Å². The average molecular weight is 347 g/mol. The van der Waals surface area contributed by atoms with Gasteiger partial charge in [0, 0.05) is 17.0 Å². The molecule has 0 unspecified atom stereocenters. The highest BCUT2D eigenvalue weighted by Gasteiger charge is 2.36. The summed E-state index contributed by atoms with van der Waals surface area (Å²) in [7, 11) is 0. The summed E-state index contributed by atoms with van der Waals surface area (Å²) in [5, 5.41) is 15.2. The van der Waals surface area contributed by atoms with Crippen molar-refractivity contribution in [2.45, 2.75) is 12.7 Å². The summed E-state index contributed by atoms with van der Waals surface area (Å²) in [6.45, 7) is -0.552. The van der Waals surface area contributed by atoms with E-state index < -0.39 is 47.4 Å². The number of nitrogens with zero attached hydrogens (tertiary/aromatic N) is 5. The monoisotopic (exact) mass is 347 g/mol. The molecule has 0 amide bonds. The lowest BCUT2D eigenvalue weighted by Gasteiger charge is -2.10. The van der Waals surface area contributed by atoms with Crippen LogP contribution < -0.4 is 0 Å². The third-order valence-electron chi connectivity index (χ3n) is 2.87. The largest absolute Gasteiger partial charge is 0.477 e. The zero-order chi connectivity index (χ0) is 18.1. The molecule has 2 aromatic rings. The van der Waals surface area contributed by atoms with Gasteiger partial charge in [-0.3, -0.25) is 0 Å². The van der Waals surface area contributed by atoms with Gasteiger partial charge in [-0.05, 0) is 17.2 Å². The first-order valence-corrected chi connectivity index (χ1v) is 6.05. The first-order valence-electron chi connectivity index (χ1n) is 6.05. The molecule has 0 bridgehead atoms. The van der Waals surface area contributed by atoms with Crippen molar-refractivity contribution in [3.8, 4) is 5.69 Å². The van der Waals surface area contributed by atoms with Crippen molar-refractivity contribution in [3.63, 3.8) is 0 Å². The SMILES string of the molecule is [N-]=[N+]=NCc1cc(F)c(F)cc1-n1nc(C(F)(F)F)cc1C(=O)O. The topological polar surface area (TPSA) is 104 Å². The van der Waals surface area contributed by atoms with Crippen LogP contribution in [0.25, 0.3) is 16.1 Å². The molecule has 1 N–H and O–H groups in total. The van der Waals surface area contributed by atoms with Gasteiger partial charge in [0.25, 0.3) is 0 Å². The van der Waals surface area contributed by atoms with E-state index in [1.807, 2.05) is 0 Å². The van der Waals surface area contributed by atoms with E-state index in [1.54, 1.807) is 0 Å². The van der Waals surface area contributed by atoms with Crippen LogP contribution >= 0.6 is 0 Å². The molecule has 126 valence electrons. The second-order valence-electron chi connectivity index (χ2n) is 4.41. The number of carbonyl (C=O) groups is 1. The van der Waals surface area contributed by atoms with Crippen LogP contribution in [0.5, 0.6) is 0 Å². The van der Waals surface area contributed by atoms with Gasteiger partial charge in [-0.25, -0.2) is 18.3 Å². The summed E-state index contributed by atoms with van der Waals surface area (Å²) in [4.78, 5) is 13.5. The Morgan fingerprint density at radius 1 is 1.29 bits per heavy atom. The number of carboxylic acids is 1. The number of benzene rings is 1. The maximum absolute atomic E-state index is 13.5. The van der Waals surface area contributed by atoms with Crippen molar-refractivity contribution in [2.75, 3.05) is 0 Å². The maximum atomic E-state index is 13.5. The van der Waals surface area contributed by atoms with Crippen LogP contribution in [0, 0.1) is 11.6 Å². The van der Waals surface area contributed by atoms with E-state index in [0.717, 1.165) is 0 Å². The molecule has 0 atom stereocenters. The van der Waals surface area contributed by atoms with Crippen LogP contribution in [-0.2, 0) is 12.7 Å². The van der Waals surface area contributed by atoms with Gasteiger partial charge < -0.3 is 5.11 Å². The van der Waals surface area contributed by atoms with Crippen LogP contribution in [-0.4, -0.2) is 20.9 Å². The van der Waals surface area contributed by atoms with E-state index in [2.05, 4.69) is 15.1 Å². The Bertz CT molecular complexity index is 854. The minimum Gasteiger partial charge on any atom is -0.477 e. The van der Waals surface area contributed by atoms with Crippen LogP contribution in [0.4, 0.5) is 22.0 Å². The molecule has 1 aromatic heterocycles. The zero-order valence-electron chi connectivity index (χ0n) is 11.4. The van der Waals surface area contributed by atoms with Crippen molar-refractivity contribution in [1.29, 1.82) is 0 Å². The average Bonchev–Trinajstić information content (AvgIpc) is 2.93. The number of carboxylic acid groups (broad SMARTS) is 1. The van der Waals surface area contributed by atoms with Crippen LogP contribution in [0.15, 0.2) is 23.3 Å². The Morgan fingerprint density at radius 3 is 2.46 bits per heavy atom. The predicted molar refractivity (Wildman–Crippen MR) is 68.3 cm³/mol. The molecule has 24 heavy (non-hydrogen) atoms. The van der Waals surface area contributed by atoms with E-state index in [1.165, 1.54) is 0 Å². The van der Waals surface area contributed by atoms with Crippen molar-refractivity contribution < 1.29 is 31.9 Å². The molecule has 2 rings (SSSR count). The quantitative estimate of drug-likeness (QED) is 0.395. The van der Waals surface area contributed by atoms with Crippen LogP contribution in [0.2, 0.25) is 0 Å². The Labute approximate surface area is 129 Å². The molecule has 1 aromatic carbocycles. The minimum absolute atomic E-state index is 0.244. The minimum atomic E-state index is -4.95. The Morgan fingerprint density at radius 2 is 1.92 bits per heavy atom. The number of hydrogen-bond donors (Lipinski definition) is 1. The molecule has 0 aliphatic rings. The van der Waals surface area contributed by atoms with Crippen molar-refractivity contribution in [2.24, 2.45) is 5.11 Å². The van der Waals surface area contributed by atoms with Gasteiger partial charge in [-0.15, -0.1) is 0 Å². The summed E-state index contributed by atoms with van der Waals surface area (Å²) >= 11 is 0. The number of rotatable bonds is 4. The van der Waals surface area contributed by atoms with Gasteiger partial charge in [-0.2, -0.15) is 18.3 Å². The lowest BCUT2D eigenvalue weighted by atomic mass is 10.1. The standard InChI is InChI=1S/C12H6F5N5O2/c13-6-1-5(4-19-21-18)8(2-7(6)14)22-9(11(23)24)3-10(20-22)12(15,16)17/h1-3H,4H2,(H,23,24). The molecule has 0 spiro atoms. The highest BCUT2D eigenvalue weighted by molar-refractivity contribution is 5.86. The second-order valence-corrected chi connectivity index (χ2v) is 4.41. The Kier molecular flexibility index (Phi) is 4.42. The molecule has 0 aliphatic heterocycles. The highest BCUT2D eigenvalue weighted by atomic mass is 19.4. The number of aromatic nitrogens is 2. The van der Waals surface area contributed by atoms with E-state index in [0.29, 0.717) is 16.8 Å². The first kappa shape index (κ1) is 17.2. The number of alkyl halides is 3. The van der Waals surface area contributed by atoms with Gasteiger partial charge in [-0.1, -0.05) is 5.11 Å². The number of aromatic carboxylic acids is 1. The van der Waals surface area contributed by atoms with Gasteiger partial charge in [0.1, 0.15) is 0 Å². The molecule has 0 fully saturated rings. The van der Waals surface area contributed by atoms with Crippen molar-refractivity contribution in [3.05, 3.63) is 57.2 Å². The molecule has 1 heterocycles. The summed E-state index contributed by atoms with van der Waals surface area (Å²) in [5.74, 6) is -4.55. The van der Waals surface area contributed by atoms with Crippen LogP contribution in [0.1, 0.15) is 21.7 Å². The van der Waals surface area contributed by atoms with Crippen molar-refractivity contribution in [1.82, 2.24) is 9.78 Å². The van der Waals surface area contributed by atoms with E-state index >= 15 is 0 Å². The highest BCUT2D eigenvalue weighted by Crippen LogP contribution is 2.30. The third kappa shape index (κ3) is 3.27. The van der Waals surface area contributed by atoms with Gasteiger partial charge in [0.05, 0.1) is 12.2 Å². The molecule has 0 radical (unpaired) electrons. The summed E-state index contributed by atoms with van der Waals surface area (Å²) in [6.07, 6.45) is -4.95. The molecule has 12 heteroatoms. The van der Waals surface area contributed by atoms with Gasteiger partial charge in [0.15, 0.2) is 23.0 Å². The smallest absolute Gasteiger partial charge is 0.435 e. The summed E-state index contributed by atoms with van der Waals surface area (Å²) in [6, 6.07) is 1.30. The summed E-state index contributed by atoms with van der Waals surface area (Å²) in [5.41, 5.74) is 5.11. The molecular weight excluding hydrogens is 341 g/mol. The lowest BCUT2D eigenvalue weighted by Crippen LogP contribution is -2.12. The molecular formula is C12H6F5N5O2. The third-order valence-corrected chi connectivity index (χ3v) is 2.87. The number of hydrogen-bond acceptors (Lipinski definition) is 3. The summed E-state index contributed by atoms with van der Waals surface area (Å²) < 4.78 is 65.3. The van der Waals surface area contributed by atoms with Gasteiger partial charge >= 0.3 is 12.1 Å². The molecule has 0 saturated carbocycles. The molecule has 0 aliphatic carbocycles. The fourth-order valence-corrected chi connectivity index (χ4v) is 1.86. The fraction of sp³-hybridized carbons (Fsp3) is 0.167. The Balaban J connectivity index is 2.75. The molecule has 7 nitrogen and oxygen atoms in total. The second kappa shape index (κ2) is 6.16. The molecule has 0 saturated heterocycles. The number of azide groups is 1. The van der Waals surface area contributed by atoms with E-state index in [-0.39, 0.29) is 11.6 Å². The first-order chi connectivity index (χ1) is 11.1. The maximum Gasteiger partial charge on any atom is 0.435 e. The van der Waals surface area contributed by atoms with Crippen LogP contribution in [0.3, 0.4) is 0 Å². The zero-order valence-corrected chi connectivity index (χ0v) is 11.4. The lowest BCUT2D eigenvalue weighted by molar-refractivity contribution is -0.141. The van der Waals surface area contributed by atoms with E-state index in [9.17, 15) is 26.7 Å². The van der Waals surface area contributed by atoms with E-state index in [4.69, 9.17) is 10.6 Å². The predicted octanol–water partition coefficient (Wildman–Crippen LogP) is 3.68. The Hall–Kier alpha value is -3.14. The fourth-order valence-electron chi connectivity index (χ4n) is 1.86. The number of halogens is 5.